The smallest absolute Gasteiger partial charge is 0.250 e. The van der Waals surface area contributed by atoms with Crippen LogP contribution in [-0.4, -0.2) is 31.1 Å². The molecule has 1 N–H and O–H groups in total. The lowest BCUT2D eigenvalue weighted by atomic mass is 10.1. The molecule has 0 aliphatic rings. The molecule has 0 aromatic heterocycles. The number of hydrazone groups is 1. The van der Waals surface area contributed by atoms with Gasteiger partial charge in [-0.3, -0.25) is 4.79 Å². The number of ether oxygens (including phenoxy) is 2. The Bertz CT molecular complexity index is 817. The highest BCUT2D eigenvalue weighted by atomic mass is 32.2. The Morgan fingerprint density at radius 3 is 2.52 bits per heavy atom. The van der Waals surface area contributed by atoms with E-state index in [9.17, 15) is 4.79 Å². The number of carbonyl (C=O) groups is 1. The molecular weight excluding hydrogens is 384 g/mol. The van der Waals surface area contributed by atoms with Gasteiger partial charge in [0.15, 0.2) is 11.5 Å². The monoisotopic (exact) mass is 414 g/mol. The zero-order chi connectivity index (χ0) is 21.1. The molecule has 0 aliphatic heterocycles. The molecule has 0 atom stereocenters. The molecule has 29 heavy (non-hydrogen) atoms. The predicted molar refractivity (Wildman–Crippen MR) is 121 cm³/mol. The molecule has 0 radical (unpaired) electrons. The molecule has 5 nitrogen and oxygen atoms in total. The molecule has 0 saturated carbocycles. The first-order chi connectivity index (χ1) is 14.0. The maximum Gasteiger partial charge on any atom is 0.250 e. The van der Waals surface area contributed by atoms with Crippen molar-refractivity contribution in [3.63, 3.8) is 0 Å². The summed E-state index contributed by atoms with van der Waals surface area (Å²) >= 11 is 1.57. The molecule has 0 spiro atoms. The van der Waals surface area contributed by atoms with Crippen LogP contribution in [0.2, 0.25) is 0 Å². The van der Waals surface area contributed by atoms with Gasteiger partial charge in [-0.2, -0.15) is 5.10 Å². The quantitative estimate of drug-likeness (QED) is 0.421. The van der Waals surface area contributed by atoms with Crippen LogP contribution in [0.3, 0.4) is 0 Å². The van der Waals surface area contributed by atoms with E-state index in [-0.39, 0.29) is 5.91 Å². The molecule has 2 rings (SSSR count). The second-order valence-electron chi connectivity index (χ2n) is 6.77. The van der Waals surface area contributed by atoms with Crippen LogP contribution in [0, 0.1) is 13.8 Å². The van der Waals surface area contributed by atoms with Gasteiger partial charge in [0, 0.05) is 5.75 Å². The van der Waals surface area contributed by atoms with Crippen LogP contribution in [0.5, 0.6) is 11.5 Å². The van der Waals surface area contributed by atoms with Gasteiger partial charge >= 0.3 is 0 Å². The lowest BCUT2D eigenvalue weighted by Crippen LogP contribution is -2.19. The van der Waals surface area contributed by atoms with Crippen molar-refractivity contribution in [1.82, 2.24) is 5.43 Å². The van der Waals surface area contributed by atoms with E-state index < -0.39 is 0 Å². The van der Waals surface area contributed by atoms with E-state index in [1.54, 1.807) is 18.0 Å². The zero-order valence-corrected chi connectivity index (χ0v) is 18.5. The molecule has 0 unspecified atom stereocenters. The largest absolute Gasteiger partial charge is 0.490 e. The third-order valence-electron chi connectivity index (χ3n) is 3.92. The molecule has 0 fully saturated rings. The van der Waals surface area contributed by atoms with Crippen molar-refractivity contribution in [3.05, 3.63) is 58.7 Å². The molecule has 0 bridgehead atoms. The predicted octanol–water partition coefficient (Wildman–Crippen LogP) is 4.87. The van der Waals surface area contributed by atoms with Crippen molar-refractivity contribution in [2.75, 3.05) is 19.0 Å². The minimum atomic E-state index is -0.122. The maximum absolute atomic E-state index is 12.0. The summed E-state index contributed by atoms with van der Waals surface area (Å²) < 4.78 is 11.3. The van der Waals surface area contributed by atoms with Crippen LogP contribution >= 0.6 is 11.8 Å². The van der Waals surface area contributed by atoms with Gasteiger partial charge in [0.1, 0.15) is 0 Å². The van der Waals surface area contributed by atoms with Crippen LogP contribution in [-0.2, 0) is 10.5 Å². The standard InChI is InChI=1S/C23H30N2O3S/c1-5-9-28-21-8-7-19(13-22(21)27-6-2)14-24-25-23(26)16-29-15-20-11-17(3)10-18(4)12-20/h7-8,10-14H,5-6,9,15-16H2,1-4H3,(H,25,26)/b24-14+. The number of benzene rings is 2. The van der Waals surface area contributed by atoms with Gasteiger partial charge < -0.3 is 9.47 Å². The molecule has 2 aromatic rings. The Labute approximate surface area is 177 Å². The van der Waals surface area contributed by atoms with Crippen LogP contribution in [0.15, 0.2) is 41.5 Å². The molecule has 6 heteroatoms. The first-order valence-electron chi connectivity index (χ1n) is 9.88. The zero-order valence-electron chi connectivity index (χ0n) is 17.7. The summed E-state index contributed by atoms with van der Waals surface area (Å²) in [4.78, 5) is 12.0. The fourth-order valence-electron chi connectivity index (χ4n) is 2.83. The molecule has 156 valence electrons. The average Bonchev–Trinajstić information content (AvgIpc) is 2.67. The number of hydrogen-bond donors (Lipinski definition) is 1. The van der Waals surface area contributed by atoms with E-state index in [2.05, 4.69) is 49.5 Å². The van der Waals surface area contributed by atoms with Crippen molar-refractivity contribution in [2.24, 2.45) is 5.10 Å². The second-order valence-corrected chi connectivity index (χ2v) is 7.76. The third-order valence-corrected chi connectivity index (χ3v) is 4.92. The average molecular weight is 415 g/mol. The summed E-state index contributed by atoms with van der Waals surface area (Å²) in [6.45, 7) is 9.36. The molecular formula is C23H30N2O3S. The number of nitrogens with zero attached hydrogens (tertiary/aromatic N) is 1. The lowest BCUT2D eigenvalue weighted by Gasteiger charge is -2.11. The SMILES string of the molecule is CCCOc1ccc(/C=N/NC(=O)CSCc2cc(C)cc(C)c2)cc1OCC. The van der Waals surface area contributed by atoms with Crippen molar-refractivity contribution in [3.8, 4) is 11.5 Å². The van der Waals surface area contributed by atoms with Gasteiger partial charge in [0.25, 0.3) is 0 Å². The van der Waals surface area contributed by atoms with E-state index in [0.717, 1.165) is 23.5 Å². The highest BCUT2D eigenvalue weighted by Gasteiger charge is 2.06. The van der Waals surface area contributed by atoms with Crippen LogP contribution < -0.4 is 14.9 Å². The van der Waals surface area contributed by atoms with Crippen molar-refractivity contribution in [2.45, 2.75) is 39.9 Å². The van der Waals surface area contributed by atoms with Crippen molar-refractivity contribution >= 4 is 23.9 Å². The van der Waals surface area contributed by atoms with Gasteiger partial charge in [0.05, 0.1) is 25.2 Å². The number of amides is 1. The minimum Gasteiger partial charge on any atom is -0.490 e. The van der Waals surface area contributed by atoms with Gasteiger partial charge in [-0.15, -0.1) is 11.8 Å². The Kier molecular flexibility index (Phi) is 9.57. The second kappa shape index (κ2) is 12.2. The highest BCUT2D eigenvalue weighted by Crippen LogP contribution is 2.28. The van der Waals surface area contributed by atoms with Crippen LogP contribution in [0.25, 0.3) is 0 Å². The van der Waals surface area contributed by atoms with Crippen molar-refractivity contribution < 1.29 is 14.3 Å². The van der Waals surface area contributed by atoms with Crippen molar-refractivity contribution in [1.29, 1.82) is 0 Å². The van der Waals surface area contributed by atoms with Gasteiger partial charge in [-0.25, -0.2) is 5.43 Å². The van der Waals surface area contributed by atoms with E-state index in [0.29, 0.717) is 24.7 Å². The summed E-state index contributed by atoms with van der Waals surface area (Å²) in [5, 5.41) is 4.05. The highest BCUT2D eigenvalue weighted by molar-refractivity contribution is 7.99. The first kappa shape index (κ1) is 22.8. The number of thioether (sulfide) groups is 1. The summed E-state index contributed by atoms with van der Waals surface area (Å²) in [5.41, 5.74) is 7.13. The Hall–Kier alpha value is -2.47. The Morgan fingerprint density at radius 2 is 1.83 bits per heavy atom. The van der Waals surface area contributed by atoms with E-state index in [1.807, 2.05) is 25.1 Å². The lowest BCUT2D eigenvalue weighted by molar-refractivity contribution is -0.118. The summed E-state index contributed by atoms with van der Waals surface area (Å²) in [6.07, 6.45) is 2.54. The fourth-order valence-corrected chi connectivity index (χ4v) is 3.58. The van der Waals surface area contributed by atoms with Gasteiger partial charge in [-0.1, -0.05) is 36.2 Å². The van der Waals surface area contributed by atoms with Crippen LogP contribution in [0.4, 0.5) is 0 Å². The van der Waals surface area contributed by atoms with E-state index >= 15 is 0 Å². The number of aryl methyl sites for hydroxylation is 2. The normalized spacial score (nSPS) is 10.9. The van der Waals surface area contributed by atoms with E-state index in [4.69, 9.17) is 9.47 Å². The summed E-state index contributed by atoms with van der Waals surface area (Å²) in [5.74, 6) is 2.44. The summed E-state index contributed by atoms with van der Waals surface area (Å²) in [6, 6.07) is 12.1. The van der Waals surface area contributed by atoms with Gasteiger partial charge in [0.2, 0.25) is 5.91 Å². The minimum absolute atomic E-state index is 0.122. The molecule has 0 aliphatic carbocycles. The number of carbonyl (C=O) groups excluding carboxylic acids is 1. The molecule has 0 saturated heterocycles. The number of nitrogens with one attached hydrogen (secondary N) is 1. The number of rotatable bonds is 11. The number of hydrogen-bond acceptors (Lipinski definition) is 5. The van der Waals surface area contributed by atoms with E-state index in [1.165, 1.54) is 16.7 Å². The molecule has 1 amide bonds. The molecule has 2 aromatic carbocycles. The first-order valence-corrected chi connectivity index (χ1v) is 11.0. The fraction of sp³-hybridized carbons (Fsp3) is 0.391. The third kappa shape index (κ3) is 8.20. The molecule has 0 heterocycles. The van der Waals surface area contributed by atoms with Crippen LogP contribution in [0.1, 0.15) is 42.5 Å². The maximum atomic E-state index is 12.0. The Morgan fingerprint density at radius 1 is 1.07 bits per heavy atom. The Balaban J connectivity index is 1.83. The van der Waals surface area contributed by atoms with Gasteiger partial charge in [-0.05, 0) is 56.5 Å². The summed E-state index contributed by atoms with van der Waals surface area (Å²) in [7, 11) is 0. The topological polar surface area (TPSA) is 59.9 Å².